The number of hydrogen-bond acceptors (Lipinski definition) is 7. The summed E-state index contributed by atoms with van der Waals surface area (Å²) in [5, 5.41) is 5.02. The van der Waals surface area contributed by atoms with Crippen LogP contribution in [0.15, 0.2) is 67.0 Å². The Kier molecular flexibility index (Phi) is 7.82. The van der Waals surface area contributed by atoms with Crippen LogP contribution in [0.5, 0.6) is 28.7 Å². The zero-order chi connectivity index (χ0) is 29.1. The van der Waals surface area contributed by atoms with Crippen molar-refractivity contribution in [2.75, 3.05) is 20.8 Å². The highest BCUT2D eigenvalue weighted by molar-refractivity contribution is 5.98. The summed E-state index contributed by atoms with van der Waals surface area (Å²) >= 11 is 0. The highest BCUT2D eigenvalue weighted by Crippen LogP contribution is 2.37. The van der Waals surface area contributed by atoms with E-state index in [1.165, 1.54) is 43.2 Å². The van der Waals surface area contributed by atoms with E-state index in [0.29, 0.717) is 57.3 Å². The fourth-order valence-electron chi connectivity index (χ4n) is 4.47. The van der Waals surface area contributed by atoms with Crippen LogP contribution in [0.3, 0.4) is 0 Å². The van der Waals surface area contributed by atoms with Gasteiger partial charge in [0, 0.05) is 24.1 Å². The molecule has 10 heteroatoms. The molecule has 210 valence electrons. The monoisotopic (exact) mass is 559 g/mol. The van der Waals surface area contributed by atoms with E-state index in [-0.39, 0.29) is 29.5 Å². The Morgan fingerprint density at radius 3 is 2.39 bits per heavy atom. The van der Waals surface area contributed by atoms with Crippen LogP contribution in [0, 0.1) is 18.6 Å². The van der Waals surface area contributed by atoms with Crippen LogP contribution in [0.2, 0.25) is 0 Å². The van der Waals surface area contributed by atoms with Gasteiger partial charge >= 0.3 is 0 Å². The van der Waals surface area contributed by atoms with Crippen molar-refractivity contribution < 1.29 is 32.5 Å². The van der Waals surface area contributed by atoms with Gasteiger partial charge in [-0.1, -0.05) is 6.07 Å². The van der Waals surface area contributed by atoms with Gasteiger partial charge in [0.15, 0.2) is 40.3 Å². The zero-order valence-electron chi connectivity index (χ0n) is 22.9. The fraction of sp³-hybridized carbons (Fsp3) is 0.194. The third-order valence-electron chi connectivity index (χ3n) is 6.44. The Morgan fingerprint density at radius 1 is 0.902 bits per heavy atom. The molecule has 41 heavy (non-hydrogen) atoms. The quantitative estimate of drug-likeness (QED) is 0.177. The van der Waals surface area contributed by atoms with Crippen molar-refractivity contribution in [3.63, 3.8) is 0 Å². The lowest BCUT2D eigenvalue weighted by molar-refractivity contribution is 0.0984. The molecule has 0 amide bonds. The Hall–Kier alpha value is -4.99. The van der Waals surface area contributed by atoms with Crippen molar-refractivity contribution in [3.8, 4) is 34.4 Å². The number of fused-ring (bicyclic) bond motifs is 1. The number of Topliss-reactive ketones (excluding diaryl/α,β-unsaturated/α-hetero) is 1. The lowest BCUT2D eigenvalue weighted by Gasteiger charge is -2.13. The minimum absolute atomic E-state index is 0.0189. The van der Waals surface area contributed by atoms with Crippen molar-refractivity contribution in [1.82, 2.24) is 14.8 Å². The van der Waals surface area contributed by atoms with Crippen LogP contribution in [-0.2, 0) is 6.42 Å². The number of methoxy groups -OCH3 is 2. The zero-order valence-corrected chi connectivity index (χ0v) is 22.9. The summed E-state index contributed by atoms with van der Waals surface area (Å²) in [5.41, 5.74) is 2.37. The minimum Gasteiger partial charge on any atom is -0.493 e. The maximum Gasteiger partial charge on any atom is 0.191 e. The van der Waals surface area contributed by atoms with Crippen LogP contribution in [0.4, 0.5) is 8.78 Å². The first kappa shape index (κ1) is 27.6. The van der Waals surface area contributed by atoms with Crippen molar-refractivity contribution in [2.45, 2.75) is 20.3 Å². The van der Waals surface area contributed by atoms with Gasteiger partial charge in [-0.15, -0.1) is 0 Å². The van der Waals surface area contributed by atoms with Crippen molar-refractivity contribution in [1.29, 1.82) is 0 Å². The Morgan fingerprint density at radius 2 is 1.68 bits per heavy atom. The van der Waals surface area contributed by atoms with Gasteiger partial charge in [-0.05, 0) is 67.4 Å². The normalized spacial score (nSPS) is 11.0. The molecule has 0 saturated heterocycles. The van der Waals surface area contributed by atoms with Crippen LogP contribution in [-0.4, -0.2) is 41.4 Å². The molecule has 8 nitrogen and oxygen atoms in total. The molecule has 5 aromatic rings. The number of ketones is 1. The molecule has 3 aromatic carbocycles. The van der Waals surface area contributed by atoms with Crippen LogP contribution >= 0.6 is 0 Å². The molecule has 0 aliphatic heterocycles. The van der Waals surface area contributed by atoms with E-state index in [2.05, 4.69) is 10.1 Å². The largest absolute Gasteiger partial charge is 0.493 e. The molecule has 2 aromatic heterocycles. The van der Waals surface area contributed by atoms with Gasteiger partial charge < -0.3 is 18.9 Å². The van der Waals surface area contributed by atoms with Gasteiger partial charge in [-0.3, -0.25) is 9.78 Å². The SMILES string of the molecule is CCOc1cn(-c2ccc(F)cc2C)nc1C(=O)Cc1ccc(Oc2ccnc3cc(OC)c(OC)cc23)c(F)c1. The van der Waals surface area contributed by atoms with E-state index in [1.54, 1.807) is 56.6 Å². The number of carbonyl (C=O) groups is 1. The number of rotatable bonds is 10. The van der Waals surface area contributed by atoms with Gasteiger partial charge in [-0.2, -0.15) is 5.10 Å². The van der Waals surface area contributed by atoms with Gasteiger partial charge in [0.1, 0.15) is 11.6 Å². The molecule has 5 rings (SSSR count). The average molecular weight is 560 g/mol. The second kappa shape index (κ2) is 11.6. The molecule has 0 N–H and O–H groups in total. The predicted molar refractivity (Wildman–Crippen MR) is 149 cm³/mol. The Bertz CT molecular complexity index is 1750. The van der Waals surface area contributed by atoms with Crippen molar-refractivity contribution in [2.24, 2.45) is 0 Å². The molecule has 0 atom stereocenters. The molecular formula is C31H27F2N3O5. The summed E-state index contributed by atoms with van der Waals surface area (Å²) < 4.78 is 52.5. The number of carbonyl (C=O) groups excluding carboxylic acids is 1. The summed E-state index contributed by atoms with van der Waals surface area (Å²) in [6, 6.07) is 13.7. The molecule has 0 aliphatic rings. The summed E-state index contributed by atoms with van der Waals surface area (Å²) in [6.07, 6.45) is 3.01. The number of benzene rings is 3. The van der Waals surface area contributed by atoms with E-state index >= 15 is 4.39 Å². The minimum atomic E-state index is -0.641. The smallest absolute Gasteiger partial charge is 0.191 e. The van der Waals surface area contributed by atoms with Crippen LogP contribution in [0.25, 0.3) is 16.6 Å². The number of aryl methyl sites for hydroxylation is 1. The topological polar surface area (TPSA) is 84.7 Å². The van der Waals surface area contributed by atoms with E-state index in [0.717, 1.165) is 0 Å². The molecule has 2 heterocycles. The molecule has 0 radical (unpaired) electrons. The lowest BCUT2D eigenvalue weighted by atomic mass is 10.1. The van der Waals surface area contributed by atoms with E-state index < -0.39 is 5.82 Å². The molecular weight excluding hydrogens is 532 g/mol. The summed E-state index contributed by atoms with van der Waals surface area (Å²) in [4.78, 5) is 17.6. The molecule has 0 saturated carbocycles. The van der Waals surface area contributed by atoms with E-state index in [4.69, 9.17) is 18.9 Å². The molecule has 0 unspecified atom stereocenters. The third kappa shape index (κ3) is 5.67. The standard InChI is InChI=1S/C31H27F2N3O5/c1-5-40-30-17-36(24-8-7-20(32)12-18(24)2)35-31(30)25(37)14-19-6-9-27(22(33)13-19)41-26-10-11-34-23-16-29(39-4)28(38-3)15-21(23)26/h6-13,15-17H,5,14H2,1-4H3. The average Bonchev–Trinajstić information content (AvgIpc) is 3.37. The van der Waals surface area contributed by atoms with Gasteiger partial charge in [0.25, 0.3) is 0 Å². The molecule has 0 spiro atoms. The summed E-state index contributed by atoms with van der Waals surface area (Å²) in [7, 11) is 3.05. The van der Waals surface area contributed by atoms with E-state index in [9.17, 15) is 9.18 Å². The number of ether oxygens (including phenoxy) is 4. The van der Waals surface area contributed by atoms with Gasteiger partial charge in [-0.25, -0.2) is 13.5 Å². The van der Waals surface area contributed by atoms with E-state index in [1.807, 2.05) is 0 Å². The fourth-order valence-corrected chi connectivity index (χ4v) is 4.47. The second-order valence-electron chi connectivity index (χ2n) is 9.15. The molecule has 0 bridgehead atoms. The Balaban J connectivity index is 1.39. The number of pyridine rings is 1. The maximum atomic E-state index is 15.2. The van der Waals surface area contributed by atoms with Crippen LogP contribution < -0.4 is 18.9 Å². The first-order valence-corrected chi connectivity index (χ1v) is 12.8. The van der Waals surface area contributed by atoms with Crippen molar-refractivity contribution >= 4 is 16.7 Å². The lowest BCUT2D eigenvalue weighted by Crippen LogP contribution is -2.08. The Labute approximate surface area is 235 Å². The van der Waals surface area contributed by atoms with Crippen LogP contribution in [0.1, 0.15) is 28.5 Å². The predicted octanol–water partition coefficient (Wildman–Crippen LogP) is 6.64. The summed E-state index contributed by atoms with van der Waals surface area (Å²) in [5.74, 6) is 0.269. The number of hydrogen-bond donors (Lipinski definition) is 0. The first-order valence-electron chi connectivity index (χ1n) is 12.8. The highest BCUT2D eigenvalue weighted by atomic mass is 19.1. The summed E-state index contributed by atoms with van der Waals surface area (Å²) in [6.45, 7) is 3.86. The first-order chi connectivity index (χ1) is 19.8. The third-order valence-corrected chi connectivity index (χ3v) is 6.44. The molecule has 0 fully saturated rings. The number of halogens is 2. The highest BCUT2D eigenvalue weighted by Gasteiger charge is 2.21. The van der Waals surface area contributed by atoms with Gasteiger partial charge in [0.2, 0.25) is 0 Å². The van der Waals surface area contributed by atoms with Crippen molar-refractivity contribution in [3.05, 3.63) is 95.4 Å². The number of nitrogens with zero attached hydrogens (tertiary/aromatic N) is 3. The molecule has 0 aliphatic carbocycles. The second-order valence-corrected chi connectivity index (χ2v) is 9.15. The maximum absolute atomic E-state index is 15.2. The van der Waals surface area contributed by atoms with Gasteiger partial charge in [0.05, 0.1) is 38.2 Å². The number of aromatic nitrogens is 3.